The van der Waals surface area contributed by atoms with Gasteiger partial charge in [-0.3, -0.25) is 4.21 Å². The van der Waals surface area contributed by atoms with E-state index in [1.807, 2.05) is 13.0 Å². The molecule has 1 heterocycles. The van der Waals surface area contributed by atoms with Crippen LogP contribution in [-0.2, 0) is 22.1 Å². The molecule has 3 atom stereocenters. The summed E-state index contributed by atoms with van der Waals surface area (Å²) in [6.07, 6.45) is 2.70. The summed E-state index contributed by atoms with van der Waals surface area (Å²) >= 11 is 0. The van der Waals surface area contributed by atoms with Gasteiger partial charge in [0, 0.05) is 22.3 Å². The van der Waals surface area contributed by atoms with Gasteiger partial charge in [0.25, 0.3) is 0 Å². The van der Waals surface area contributed by atoms with Gasteiger partial charge >= 0.3 is 0 Å². The lowest BCUT2D eigenvalue weighted by Crippen LogP contribution is -2.31. The third-order valence-corrected chi connectivity index (χ3v) is 4.85. The second kappa shape index (κ2) is 6.45. The fraction of sp³-hybridized carbons (Fsp3) is 0.571. The molecule has 3 unspecified atom stereocenters. The summed E-state index contributed by atoms with van der Waals surface area (Å²) in [5.74, 6) is 0. The van der Waals surface area contributed by atoms with Crippen LogP contribution in [0, 0.1) is 0 Å². The van der Waals surface area contributed by atoms with Crippen molar-refractivity contribution in [3.8, 4) is 0 Å². The molecule has 0 fully saturated rings. The van der Waals surface area contributed by atoms with Crippen molar-refractivity contribution in [1.82, 2.24) is 5.32 Å². The predicted molar refractivity (Wildman–Crippen MR) is 75.0 cm³/mol. The molecule has 1 N–H and O–H groups in total. The Morgan fingerprint density at radius 2 is 2.28 bits per heavy atom. The normalized spacial score (nSPS) is 22.2. The monoisotopic (exact) mass is 267 g/mol. The van der Waals surface area contributed by atoms with E-state index < -0.39 is 10.8 Å². The Hall–Kier alpha value is -0.710. The molecule has 0 radical (unpaired) electrons. The zero-order valence-corrected chi connectivity index (χ0v) is 11.8. The van der Waals surface area contributed by atoms with Crippen LogP contribution in [0.1, 0.15) is 30.5 Å². The van der Waals surface area contributed by atoms with Crippen LogP contribution in [0.25, 0.3) is 0 Å². The summed E-state index contributed by atoms with van der Waals surface area (Å²) in [7, 11) is -0.733. The van der Waals surface area contributed by atoms with Gasteiger partial charge in [-0.15, -0.1) is 0 Å². The zero-order chi connectivity index (χ0) is 13.0. The van der Waals surface area contributed by atoms with Crippen molar-refractivity contribution in [1.29, 1.82) is 0 Å². The molecule has 2 rings (SSSR count). The molecular formula is C14H21NO2S. The van der Waals surface area contributed by atoms with E-state index in [0.29, 0.717) is 6.61 Å². The molecule has 4 heteroatoms. The third kappa shape index (κ3) is 3.40. The molecule has 1 aromatic carbocycles. The summed E-state index contributed by atoms with van der Waals surface area (Å²) in [4.78, 5) is 0. The maximum Gasteiger partial charge on any atom is 0.0721 e. The summed E-state index contributed by atoms with van der Waals surface area (Å²) < 4.78 is 16.9. The number of hydrogen-bond acceptors (Lipinski definition) is 3. The molecule has 0 saturated carbocycles. The van der Waals surface area contributed by atoms with Crippen LogP contribution < -0.4 is 5.32 Å². The van der Waals surface area contributed by atoms with E-state index in [1.54, 1.807) is 6.26 Å². The van der Waals surface area contributed by atoms with Crippen LogP contribution >= 0.6 is 0 Å². The molecule has 0 saturated heterocycles. The molecule has 0 aliphatic carbocycles. The van der Waals surface area contributed by atoms with Gasteiger partial charge in [0.15, 0.2) is 0 Å². The highest BCUT2D eigenvalue weighted by atomic mass is 32.2. The smallest absolute Gasteiger partial charge is 0.0721 e. The molecule has 0 spiro atoms. The number of fused-ring (bicyclic) bond motifs is 1. The largest absolute Gasteiger partial charge is 0.375 e. The fourth-order valence-electron chi connectivity index (χ4n) is 2.18. The van der Waals surface area contributed by atoms with E-state index in [4.69, 9.17) is 4.74 Å². The number of benzene rings is 1. The van der Waals surface area contributed by atoms with Gasteiger partial charge in [0.1, 0.15) is 0 Å². The van der Waals surface area contributed by atoms with Crippen LogP contribution in [0.2, 0.25) is 0 Å². The Balaban J connectivity index is 1.90. The number of nitrogens with one attached hydrogen (secondary N) is 1. The highest BCUT2D eigenvalue weighted by molar-refractivity contribution is 7.84. The maximum absolute atomic E-state index is 11.3. The SMILES string of the molecule is CC(CCNC1COCc2ccccc21)S(C)=O. The van der Waals surface area contributed by atoms with E-state index in [1.165, 1.54) is 11.1 Å². The highest BCUT2D eigenvalue weighted by Crippen LogP contribution is 2.24. The first-order valence-corrected chi connectivity index (χ1v) is 8.01. The van der Waals surface area contributed by atoms with Crippen molar-refractivity contribution in [2.24, 2.45) is 0 Å². The molecule has 1 aliphatic rings. The summed E-state index contributed by atoms with van der Waals surface area (Å²) in [6.45, 7) is 4.34. The van der Waals surface area contributed by atoms with Gasteiger partial charge < -0.3 is 10.1 Å². The minimum absolute atomic E-state index is 0.247. The Morgan fingerprint density at radius 1 is 1.50 bits per heavy atom. The van der Waals surface area contributed by atoms with Crippen molar-refractivity contribution in [2.75, 3.05) is 19.4 Å². The van der Waals surface area contributed by atoms with Crippen molar-refractivity contribution in [2.45, 2.75) is 31.2 Å². The van der Waals surface area contributed by atoms with Crippen LogP contribution in [0.4, 0.5) is 0 Å². The molecule has 0 amide bonds. The summed E-state index contributed by atoms with van der Waals surface area (Å²) in [5.41, 5.74) is 2.61. The van der Waals surface area contributed by atoms with Crippen molar-refractivity contribution >= 4 is 10.8 Å². The second-order valence-corrected chi connectivity index (χ2v) is 6.62. The molecule has 0 aromatic heterocycles. The Labute approximate surface area is 111 Å². The topological polar surface area (TPSA) is 38.3 Å². The average molecular weight is 267 g/mol. The summed E-state index contributed by atoms with van der Waals surface area (Å²) in [6, 6.07) is 8.67. The van der Waals surface area contributed by atoms with E-state index >= 15 is 0 Å². The molecule has 18 heavy (non-hydrogen) atoms. The van der Waals surface area contributed by atoms with Crippen LogP contribution in [-0.4, -0.2) is 28.9 Å². The van der Waals surface area contributed by atoms with Gasteiger partial charge in [-0.25, -0.2) is 0 Å². The number of rotatable bonds is 5. The van der Waals surface area contributed by atoms with Crippen molar-refractivity contribution in [3.63, 3.8) is 0 Å². The quantitative estimate of drug-likeness (QED) is 0.887. The van der Waals surface area contributed by atoms with Crippen LogP contribution in [0.15, 0.2) is 24.3 Å². The van der Waals surface area contributed by atoms with E-state index in [0.717, 1.165) is 19.6 Å². The first-order valence-electron chi connectivity index (χ1n) is 6.39. The Kier molecular flexibility index (Phi) is 4.92. The number of hydrogen-bond donors (Lipinski definition) is 1. The Morgan fingerprint density at radius 3 is 3.06 bits per heavy atom. The van der Waals surface area contributed by atoms with Crippen LogP contribution in [0.3, 0.4) is 0 Å². The molecule has 1 aliphatic heterocycles. The molecule has 100 valence electrons. The molecule has 1 aromatic rings. The minimum atomic E-state index is -0.733. The zero-order valence-electron chi connectivity index (χ0n) is 11.0. The highest BCUT2D eigenvalue weighted by Gasteiger charge is 2.19. The molecule has 3 nitrogen and oxygen atoms in total. The van der Waals surface area contributed by atoms with Crippen LogP contribution in [0.5, 0.6) is 0 Å². The van der Waals surface area contributed by atoms with Gasteiger partial charge in [-0.05, 0) is 24.1 Å². The van der Waals surface area contributed by atoms with Gasteiger partial charge in [-0.2, -0.15) is 0 Å². The van der Waals surface area contributed by atoms with E-state index in [-0.39, 0.29) is 11.3 Å². The fourth-order valence-corrected chi connectivity index (χ4v) is 2.63. The predicted octanol–water partition coefficient (Wildman–Crippen LogP) is 2.00. The minimum Gasteiger partial charge on any atom is -0.375 e. The third-order valence-electron chi connectivity index (χ3n) is 3.48. The molecular weight excluding hydrogens is 246 g/mol. The first-order chi connectivity index (χ1) is 8.68. The number of ether oxygens (including phenoxy) is 1. The summed E-state index contributed by atoms with van der Waals surface area (Å²) in [5, 5.41) is 3.75. The lowest BCUT2D eigenvalue weighted by Gasteiger charge is -2.27. The van der Waals surface area contributed by atoms with Gasteiger partial charge in [-0.1, -0.05) is 31.2 Å². The second-order valence-electron chi connectivity index (χ2n) is 4.82. The van der Waals surface area contributed by atoms with Gasteiger partial charge in [0.2, 0.25) is 0 Å². The Bertz CT molecular complexity index is 422. The van der Waals surface area contributed by atoms with E-state index in [9.17, 15) is 4.21 Å². The lowest BCUT2D eigenvalue weighted by atomic mass is 9.99. The standard InChI is InChI=1S/C14H21NO2S/c1-11(18(2)16)7-8-15-14-10-17-9-12-5-3-4-6-13(12)14/h3-6,11,14-15H,7-10H2,1-2H3. The van der Waals surface area contributed by atoms with Gasteiger partial charge in [0.05, 0.1) is 19.3 Å². The first kappa shape index (κ1) is 13.7. The van der Waals surface area contributed by atoms with Crippen molar-refractivity contribution < 1.29 is 8.95 Å². The van der Waals surface area contributed by atoms with Crippen molar-refractivity contribution in [3.05, 3.63) is 35.4 Å². The van der Waals surface area contributed by atoms with E-state index in [2.05, 4.69) is 23.5 Å². The molecule has 0 bridgehead atoms. The maximum atomic E-state index is 11.3. The lowest BCUT2D eigenvalue weighted by molar-refractivity contribution is 0.0822. The average Bonchev–Trinajstić information content (AvgIpc) is 2.38.